The zero-order valence-electron chi connectivity index (χ0n) is 14.6. The number of amides is 2. The molecule has 1 heterocycles. The molecule has 1 saturated heterocycles. The topological polar surface area (TPSA) is 64.6 Å². The molecular formula is C19H28FN3O2. The molecule has 6 heteroatoms. The van der Waals surface area contributed by atoms with Crippen LogP contribution in [0.25, 0.3) is 0 Å². The summed E-state index contributed by atoms with van der Waals surface area (Å²) in [5.74, 6) is -0.342. The van der Waals surface area contributed by atoms with Gasteiger partial charge in [-0.15, -0.1) is 0 Å². The van der Waals surface area contributed by atoms with Crippen molar-refractivity contribution in [2.24, 2.45) is 0 Å². The Kier molecular flexibility index (Phi) is 6.26. The molecule has 0 spiro atoms. The Morgan fingerprint density at radius 1 is 1.16 bits per heavy atom. The number of nitrogens with zero attached hydrogens (tertiary/aromatic N) is 1. The third-order valence-corrected chi connectivity index (χ3v) is 5.42. The molecule has 3 rings (SSSR count). The Bertz CT molecular complexity index is 552. The van der Waals surface area contributed by atoms with Crippen LogP contribution >= 0.6 is 0 Å². The lowest BCUT2D eigenvalue weighted by Crippen LogP contribution is -2.50. The molecule has 1 unspecified atom stereocenters. The molecule has 1 saturated carbocycles. The molecule has 1 aromatic rings. The van der Waals surface area contributed by atoms with Gasteiger partial charge in [0, 0.05) is 31.7 Å². The van der Waals surface area contributed by atoms with Gasteiger partial charge < -0.3 is 20.6 Å². The summed E-state index contributed by atoms with van der Waals surface area (Å²) in [6.07, 6.45) is 6.45. The Morgan fingerprint density at radius 2 is 1.80 bits per heavy atom. The Morgan fingerprint density at radius 3 is 2.44 bits per heavy atom. The van der Waals surface area contributed by atoms with Gasteiger partial charge in [-0.05, 0) is 43.4 Å². The summed E-state index contributed by atoms with van der Waals surface area (Å²) in [7, 11) is 0. The fourth-order valence-corrected chi connectivity index (χ4v) is 3.91. The third-order valence-electron chi connectivity index (χ3n) is 5.42. The highest BCUT2D eigenvalue weighted by Crippen LogP contribution is 2.26. The zero-order chi connectivity index (χ0) is 17.6. The van der Waals surface area contributed by atoms with Gasteiger partial charge in [0.2, 0.25) is 0 Å². The number of carbonyl (C=O) groups is 1. The van der Waals surface area contributed by atoms with Crippen molar-refractivity contribution < 1.29 is 14.3 Å². The number of hydrogen-bond acceptors (Lipinski definition) is 3. The van der Waals surface area contributed by atoms with E-state index in [4.69, 9.17) is 0 Å². The SMILES string of the molecule is O=C(NCC(O)c1ccc(F)cc1)NC1CCN(C2CCCC2)CC1. The van der Waals surface area contributed by atoms with Crippen molar-refractivity contribution >= 4 is 6.03 Å². The molecule has 2 amide bonds. The molecule has 0 bridgehead atoms. The lowest BCUT2D eigenvalue weighted by atomic mass is 10.0. The van der Waals surface area contributed by atoms with Gasteiger partial charge in [0.1, 0.15) is 5.82 Å². The molecule has 0 aromatic heterocycles. The highest BCUT2D eigenvalue weighted by atomic mass is 19.1. The van der Waals surface area contributed by atoms with Crippen molar-refractivity contribution in [1.29, 1.82) is 0 Å². The number of nitrogens with one attached hydrogen (secondary N) is 2. The summed E-state index contributed by atoms with van der Waals surface area (Å²) >= 11 is 0. The Hall–Kier alpha value is -1.66. The normalized spacial score (nSPS) is 21.2. The van der Waals surface area contributed by atoms with Gasteiger partial charge in [-0.3, -0.25) is 0 Å². The average molecular weight is 349 g/mol. The number of halogens is 1. The van der Waals surface area contributed by atoms with Crippen LogP contribution in [0.5, 0.6) is 0 Å². The van der Waals surface area contributed by atoms with Crippen LogP contribution in [-0.2, 0) is 0 Å². The van der Waals surface area contributed by atoms with Gasteiger partial charge in [0.25, 0.3) is 0 Å². The van der Waals surface area contributed by atoms with Gasteiger partial charge in [-0.1, -0.05) is 25.0 Å². The molecule has 0 radical (unpaired) electrons. The van der Waals surface area contributed by atoms with E-state index >= 15 is 0 Å². The first-order valence-electron chi connectivity index (χ1n) is 9.34. The predicted molar refractivity (Wildman–Crippen MR) is 94.7 cm³/mol. The summed E-state index contributed by atoms with van der Waals surface area (Å²) in [6.45, 7) is 2.21. The van der Waals surface area contributed by atoms with Crippen LogP contribution in [0.3, 0.4) is 0 Å². The molecule has 1 atom stereocenters. The molecule has 1 aliphatic carbocycles. The fourth-order valence-electron chi connectivity index (χ4n) is 3.91. The molecule has 3 N–H and O–H groups in total. The second kappa shape index (κ2) is 8.63. The molecule has 1 aliphatic heterocycles. The van der Waals surface area contributed by atoms with E-state index in [0.29, 0.717) is 5.56 Å². The second-order valence-corrected chi connectivity index (χ2v) is 7.17. The van der Waals surface area contributed by atoms with Crippen molar-refractivity contribution in [3.63, 3.8) is 0 Å². The smallest absolute Gasteiger partial charge is 0.315 e. The third kappa shape index (κ3) is 5.16. The molecule has 138 valence electrons. The maximum Gasteiger partial charge on any atom is 0.315 e. The first kappa shape index (κ1) is 18.1. The predicted octanol–water partition coefficient (Wildman–Crippen LogP) is 2.57. The molecule has 1 aromatic carbocycles. The summed E-state index contributed by atoms with van der Waals surface area (Å²) in [5, 5.41) is 15.8. The first-order chi connectivity index (χ1) is 12.1. The van der Waals surface area contributed by atoms with Crippen LogP contribution in [0.4, 0.5) is 9.18 Å². The lowest BCUT2D eigenvalue weighted by molar-refractivity contribution is 0.143. The van der Waals surface area contributed by atoms with E-state index in [1.165, 1.54) is 49.9 Å². The number of likely N-dealkylation sites (tertiary alicyclic amines) is 1. The Labute approximate surface area is 148 Å². The highest BCUT2D eigenvalue weighted by Gasteiger charge is 2.27. The van der Waals surface area contributed by atoms with Gasteiger partial charge in [-0.2, -0.15) is 0 Å². The van der Waals surface area contributed by atoms with Crippen LogP contribution < -0.4 is 10.6 Å². The number of hydrogen-bond donors (Lipinski definition) is 3. The summed E-state index contributed by atoms with van der Waals surface area (Å²) in [6, 6.07) is 6.35. The van der Waals surface area contributed by atoms with Gasteiger partial charge >= 0.3 is 6.03 Å². The molecule has 5 nitrogen and oxygen atoms in total. The lowest BCUT2D eigenvalue weighted by Gasteiger charge is -2.36. The van der Waals surface area contributed by atoms with Crippen LogP contribution in [0, 0.1) is 5.82 Å². The maximum atomic E-state index is 12.9. The summed E-state index contributed by atoms with van der Waals surface area (Å²) in [4.78, 5) is 14.6. The summed E-state index contributed by atoms with van der Waals surface area (Å²) in [5.41, 5.74) is 0.589. The van der Waals surface area contributed by atoms with Crippen molar-refractivity contribution in [3.05, 3.63) is 35.6 Å². The van der Waals surface area contributed by atoms with Gasteiger partial charge in [-0.25, -0.2) is 9.18 Å². The van der Waals surface area contributed by atoms with Gasteiger partial charge in [0.15, 0.2) is 0 Å². The molecular weight excluding hydrogens is 321 g/mol. The van der Waals surface area contributed by atoms with E-state index < -0.39 is 6.10 Å². The number of aliphatic hydroxyl groups excluding tert-OH is 1. The fraction of sp³-hybridized carbons (Fsp3) is 0.632. The van der Waals surface area contributed by atoms with Crippen LogP contribution in [0.1, 0.15) is 50.2 Å². The van der Waals surface area contributed by atoms with Crippen molar-refractivity contribution in [1.82, 2.24) is 15.5 Å². The van der Waals surface area contributed by atoms with Crippen molar-refractivity contribution in [3.8, 4) is 0 Å². The van der Waals surface area contributed by atoms with Crippen molar-refractivity contribution in [2.45, 2.75) is 56.7 Å². The van der Waals surface area contributed by atoms with E-state index in [0.717, 1.165) is 32.0 Å². The van der Waals surface area contributed by atoms with Crippen LogP contribution in [-0.4, -0.2) is 47.8 Å². The Balaban J connectivity index is 1.36. The number of aliphatic hydroxyl groups is 1. The molecule has 2 aliphatic rings. The van der Waals surface area contributed by atoms with E-state index in [1.807, 2.05) is 0 Å². The number of benzene rings is 1. The standard InChI is InChI=1S/C19H28FN3O2/c20-15-7-5-14(6-8-15)18(24)13-21-19(25)22-16-9-11-23(12-10-16)17-3-1-2-4-17/h5-8,16-18,24H,1-4,9-13H2,(H2,21,22,25). The minimum atomic E-state index is -0.837. The first-order valence-corrected chi connectivity index (χ1v) is 9.34. The molecule has 2 fully saturated rings. The quantitative estimate of drug-likeness (QED) is 0.765. The number of carbonyl (C=O) groups excluding carboxylic acids is 1. The minimum absolute atomic E-state index is 0.110. The van der Waals surface area contributed by atoms with Crippen LogP contribution in [0.15, 0.2) is 24.3 Å². The maximum absolute atomic E-state index is 12.9. The second-order valence-electron chi connectivity index (χ2n) is 7.17. The highest BCUT2D eigenvalue weighted by molar-refractivity contribution is 5.74. The number of urea groups is 1. The van der Waals surface area contributed by atoms with Gasteiger partial charge in [0.05, 0.1) is 6.10 Å². The van der Waals surface area contributed by atoms with E-state index in [1.54, 1.807) is 0 Å². The minimum Gasteiger partial charge on any atom is -0.387 e. The molecule has 25 heavy (non-hydrogen) atoms. The van der Waals surface area contributed by atoms with E-state index in [2.05, 4.69) is 15.5 Å². The van der Waals surface area contributed by atoms with Crippen LogP contribution in [0.2, 0.25) is 0 Å². The monoisotopic (exact) mass is 349 g/mol. The number of piperidine rings is 1. The van der Waals surface area contributed by atoms with Crippen molar-refractivity contribution in [2.75, 3.05) is 19.6 Å². The zero-order valence-corrected chi connectivity index (χ0v) is 14.6. The average Bonchev–Trinajstić information content (AvgIpc) is 3.15. The number of rotatable bonds is 5. The largest absolute Gasteiger partial charge is 0.387 e. The van der Waals surface area contributed by atoms with E-state index in [-0.39, 0.29) is 24.4 Å². The summed E-state index contributed by atoms with van der Waals surface area (Å²) < 4.78 is 12.9. The van der Waals surface area contributed by atoms with E-state index in [9.17, 15) is 14.3 Å².